The summed E-state index contributed by atoms with van der Waals surface area (Å²) in [7, 11) is 0. The number of nitrogens with one attached hydrogen (secondary N) is 1. The lowest BCUT2D eigenvalue weighted by Crippen LogP contribution is -2.51. The highest BCUT2D eigenvalue weighted by atomic mass is 16.5. The van der Waals surface area contributed by atoms with Gasteiger partial charge in [0.1, 0.15) is 0 Å². The smallest absolute Gasteiger partial charge is 0.306 e. The van der Waals surface area contributed by atoms with E-state index in [4.69, 9.17) is 4.74 Å². The predicted octanol–water partition coefficient (Wildman–Crippen LogP) is 3.44. The molecule has 5 fully saturated rings. The molecular weight excluding hydrogens is 302 g/mol. The van der Waals surface area contributed by atoms with Gasteiger partial charge >= 0.3 is 5.97 Å². The molecule has 1 N–H and O–H groups in total. The van der Waals surface area contributed by atoms with Gasteiger partial charge in [-0.15, -0.1) is 0 Å². The molecule has 0 aromatic heterocycles. The van der Waals surface area contributed by atoms with E-state index >= 15 is 0 Å². The Hall–Kier alpha value is -1.06. The van der Waals surface area contributed by atoms with E-state index in [1.165, 1.54) is 51.4 Å². The summed E-state index contributed by atoms with van der Waals surface area (Å²) in [6.07, 6.45) is 13.3. The first-order valence-electron chi connectivity index (χ1n) is 10.0. The van der Waals surface area contributed by atoms with Crippen LogP contribution in [0.2, 0.25) is 0 Å². The minimum absolute atomic E-state index is 0.0993. The van der Waals surface area contributed by atoms with Crippen LogP contribution in [0.1, 0.15) is 70.6 Å². The van der Waals surface area contributed by atoms with Gasteiger partial charge in [-0.2, -0.15) is 0 Å². The Balaban J connectivity index is 1.19. The van der Waals surface area contributed by atoms with Crippen LogP contribution in [0.15, 0.2) is 0 Å². The van der Waals surface area contributed by atoms with E-state index in [1.54, 1.807) is 0 Å². The Morgan fingerprint density at radius 1 is 0.958 bits per heavy atom. The van der Waals surface area contributed by atoms with E-state index in [9.17, 15) is 9.59 Å². The molecule has 4 bridgehead atoms. The lowest BCUT2D eigenvalue weighted by Gasteiger charge is -2.56. The van der Waals surface area contributed by atoms with Crippen LogP contribution in [0, 0.1) is 29.1 Å². The van der Waals surface area contributed by atoms with E-state index in [0.29, 0.717) is 17.8 Å². The molecule has 0 saturated heterocycles. The highest BCUT2D eigenvalue weighted by Crippen LogP contribution is 2.59. The minimum atomic E-state index is -0.202. The molecule has 0 aromatic rings. The van der Waals surface area contributed by atoms with Crippen LogP contribution in [0.5, 0.6) is 0 Å². The number of carbonyl (C=O) groups is 2. The lowest BCUT2D eigenvalue weighted by atomic mass is 9.49. The van der Waals surface area contributed by atoms with Crippen molar-refractivity contribution >= 4 is 11.9 Å². The summed E-state index contributed by atoms with van der Waals surface area (Å²) in [5.41, 5.74) is 0.346. The Morgan fingerprint density at radius 2 is 1.54 bits per heavy atom. The maximum atomic E-state index is 12.1. The van der Waals surface area contributed by atoms with E-state index in [2.05, 4.69) is 5.32 Å². The average Bonchev–Trinajstić information content (AvgIpc) is 3.03. The molecule has 24 heavy (non-hydrogen) atoms. The molecule has 0 unspecified atom stereocenters. The second-order valence-electron chi connectivity index (χ2n) is 9.21. The fourth-order valence-corrected chi connectivity index (χ4v) is 6.50. The fraction of sp³-hybridized carbons (Fsp3) is 0.900. The molecule has 0 aliphatic heterocycles. The van der Waals surface area contributed by atoms with Gasteiger partial charge in [-0.3, -0.25) is 9.59 Å². The number of amides is 1. The number of hydrogen-bond acceptors (Lipinski definition) is 3. The normalized spacial score (nSPS) is 37.6. The van der Waals surface area contributed by atoms with Crippen LogP contribution >= 0.6 is 0 Å². The summed E-state index contributed by atoms with van der Waals surface area (Å²) in [6, 6.07) is 0. The molecular formula is C20H31NO3. The SMILES string of the molecule is O=C(COC(=O)CC1CCCC1)NCC12CC3CC(CC(C3)C1)C2. The molecule has 4 nitrogen and oxygen atoms in total. The molecule has 5 aliphatic rings. The van der Waals surface area contributed by atoms with Crippen LogP contribution in [-0.4, -0.2) is 25.0 Å². The Kier molecular flexibility index (Phi) is 4.57. The zero-order valence-electron chi connectivity index (χ0n) is 14.7. The van der Waals surface area contributed by atoms with Gasteiger partial charge in [0.05, 0.1) is 0 Å². The quantitative estimate of drug-likeness (QED) is 0.758. The highest BCUT2D eigenvalue weighted by Gasteiger charge is 2.50. The molecule has 0 aromatic carbocycles. The van der Waals surface area contributed by atoms with E-state index in [1.807, 2.05) is 0 Å². The molecule has 5 saturated carbocycles. The van der Waals surface area contributed by atoms with Gasteiger partial charge < -0.3 is 10.1 Å². The molecule has 0 radical (unpaired) electrons. The van der Waals surface area contributed by atoms with Crippen molar-refractivity contribution in [1.82, 2.24) is 5.32 Å². The molecule has 5 aliphatic carbocycles. The van der Waals surface area contributed by atoms with Crippen molar-refractivity contribution < 1.29 is 14.3 Å². The third kappa shape index (κ3) is 3.62. The van der Waals surface area contributed by atoms with Crippen molar-refractivity contribution in [3.63, 3.8) is 0 Å². The second-order valence-corrected chi connectivity index (χ2v) is 9.21. The van der Waals surface area contributed by atoms with Gasteiger partial charge in [0.15, 0.2) is 6.61 Å². The van der Waals surface area contributed by atoms with Crippen molar-refractivity contribution in [3.05, 3.63) is 0 Å². The number of carbonyl (C=O) groups excluding carboxylic acids is 2. The summed E-state index contributed by atoms with van der Waals surface area (Å²) in [5, 5.41) is 3.07. The Labute approximate surface area is 145 Å². The number of ether oxygens (including phenoxy) is 1. The topological polar surface area (TPSA) is 55.4 Å². The number of hydrogen-bond donors (Lipinski definition) is 1. The summed E-state index contributed by atoms with van der Waals surface area (Å²) < 4.78 is 5.19. The van der Waals surface area contributed by atoms with Crippen LogP contribution < -0.4 is 5.32 Å². The first-order chi connectivity index (χ1) is 11.6. The third-order valence-electron chi connectivity index (χ3n) is 7.12. The van der Waals surface area contributed by atoms with Crippen LogP contribution in [0.25, 0.3) is 0 Å². The Bertz CT molecular complexity index is 460. The van der Waals surface area contributed by atoms with Gasteiger partial charge in [0.2, 0.25) is 0 Å². The first-order valence-corrected chi connectivity index (χ1v) is 10.0. The van der Waals surface area contributed by atoms with Gasteiger partial charge in [0, 0.05) is 13.0 Å². The van der Waals surface area contributed by atoms with Crippen LogP contribution in [-0.2, 0) is 14.3 Å². The van der Waals surface area contributed by atoms with Gasteiger partial charge in [-0.05, 0) is 80.5 Å². The van der Waals surface area contributed by atoms with Gasteiger partial charge in [0.25, 0.3) is 5.91 Å². The highest BCUT2D eigenvalue weighted by molar-refractivity contribution is 5.80. The first kappa shape index (κ1) is 16.4. The van der Waals surface area contributed by atoms with Crippen LogP contribution in [0.4, 0.5) is 0 Å². The summed E-state index contributed by atoms with van der Waals surface area (Å²) in [5.74, 6) is 2.86. The van der Waals surface area contributed by atoms with E-state index in [-0.39, 0.29) is 18.5 Å². The molecule has 134 valence electrons. The van der Waals surface area contributed by atoms with Crippen molar-refractivity contribution in [2.24, 2.45) is 29.1 Å². The van der Waals surface area contributed by atoms with Crippen molar-refractivity contribution in [1.29, 1.82) is 0 Å². The van der Waals surface area contributed by atoms with Crippen molar-refractivity contribution in [2.75, 3.05) is 13.2 Å². The summed E-state index contributed by atoms with van der Waals surface area (Å²) in [6.45, 7) is 0.688. The van der Waals surface area contributed by atoms with Crippen LogP contribution in [0.3, 0.4) is 0 Å². The molecule has 0 heterocycles. The van der Waals surface area contributed by atoms with Gasteiger partial charge in [-0.25, -0.2) is 0 Å². The van der Waals surface area contributed by atoms with E-state index in [0.717, 1.165) is 37.1 Å². The standard InChI is InChI=1S/C20H31NO3/c22-18(12-24-19(23)8-14-3-1-2-4-14)21-13-20-9-15-5-16(10-20)7-17(6-15)11-20/h14-17H,1-13H2,(H,21,22). The minimum Gasteiger partial charge on any atom is -0.456 e. The third-order valence-corrected chi connectivity index (χ3v) is 7.12. The largest absolute Gasteiger partial charge is 0.456 e. The molecule has 5 rings (SSSR count). The monoisotopic (exact) mass is 333 g/mol. The van der Waals surface area contributed by atoms with Gasteiger partial charge in [-0.1, -0.05) is 12.8 Å². The van der Waals surface area contributed by atoms with Crippen molar-refractivity contribution in [3.8, 4) is 0 Å². The Morgan fingerprint density at radius 3 is 2.12 bits per heavy atom. The molecule has 0 spiro atoms. The molecule has 4 heteroatoms. The molecule has 1 amide bonds. The second kappa shape index (κ2) is 6.68. The van der Waals surface area contributed by atoms with E-state index < -0.39 is 0 Å². The number of rotatable bonds is 6. The predicted molar refractivity (Wildman–Crippen MR) is 91.1 cm³/mol. The summed E-state index contributed by atoms with van der Waals surface area (Å²) >= 11 is 0. The molecule has 0 atom stereocenters. The zero-order chi connectivity index (χ0) is 16.6. The summed E-state index contributed by atoms with van der Waals surface area (Å²) in [4.78, 5) is 23.9. The average molecular weight is 333 g/mol. The van der Waals surface area contributed by atoms with Crippen molar-refractivity contribution in [2.45, 2.75) is 70.6 Å². The number of esters is 1. The maximum absolute atomic E-state index is 12.1. The fourth-order valence-electron chi connectivity index (χ4n) is 6.50. The lowest BCUT2D eigenvalue weighted by molar-refractivity contribution is -0.149. The zero-order valence-corrected chi connectivity index (χ0v) is 14.7. The maximum Gasteiger partial charge on any atom is 0.306 e.